The largest absolute Gasteiger partial charge is 0.462 e. The summed E-state index contributed by atoms with van der Waals surface area (Å²) in [5.41, 5.74) is 0. The van der Waals surface area contributed by atoms with Gasteiger partial charge in [0.25, 0.3) is 0 Å². The van der Waals surface area contributed by atoms with Gasteiger partial charge in [0.1, 0.15) is 13.2 Å². The van der Waals surface area contributed by atoms with Gasteiger partial charge in [-0.3, -0.25) is 14.4 Å². The molecule has 0 aliphatic rings. The summed E-state index contributed by atoms with van der Waals surface area (Å²) in [5.74, 6) is -0.873. The van der Waals surface area contributed by atoms with E-state index in [0.717, 1.165) is 83.5 Å². The van der Waals surface area contributed by atoms with Gasteiger partial charge in [-0.15, -0.1) is 0 Å². The van der Waals surface area contributed by atoms with Gasteiger partial charge >= 0.3 is 17.9 Å². The normalized spacial score (nSPS) is 12.2. The summed E-state index contributed by atoms with van der Waals surface area (Å²) in [6.45, 7) is 6.60. The highest BCUT2D eigenvalue weighted by atomic mass is 16.6. The summed E-state index contributed by atoms with van der Waals surface area (Å²) in [4.78, 5) is 37.9. The number of hydrogen-bond donors (Lipinski definition) is 0. The predicted octanol–water partition coefficient (Wildman–Crippen LogP) is 22.4. The maximum absolute atomic E-state index is 12.8. The molecule has 0 bridgehead atoms. The lowest BCUT2D eigenvalue weighted by Gasteiger charge is -2.18. The van der Waals surface area contributed by atoms with Crippen molar-refractivity contribution < 1.29 is 28.6 Å². The molecule has 74 heavy (non-hydrogen) atoms. The topological polar surface area (TPSA) is 78.9 Å². The maximum atomic E-state index is 12.8. The van der Waals surface area contributed by atoms with Crippen molar-refractivity contribution in [3.05, 3.63) is 36.5 Å². The Labute approximate surface area is 461 Å². The van der Waals surface area contributed by atoms with Crippen molar-refractivity contribution in [1.82, 2.24) is 0 Å². The molecule has 1 unspecified atom stereocenters. The van der Waals surface area contributed by atoms with Crippen molar-refractivity contribution in [2.75, 3.05) is 13.2 Å². The molecule has 0 spiro atoms. The minimum atomic E-state index is -0.771. The van der Waals surface area contributed by atoms with Gasteiger partial charge in [-0.05, 0) is 57.8 Å². The number of ether oxygens (including phenoxy) is 3. The van der Waals surface area contributed by atoms with E-state index in [1.165, 1.54) is 238 Å². The van der Waals surface area contributed by atoms with E-state index in [-0.39, 0.29) is 31.1 Å². The number of unbranched alkanes of at least 4 members (excludes halogenated alkanes) is 44. The fraction of sp³-hybridized carbons (Fsp3) is 0.868. The summed E-state index contributed by atoms with van der Waals surface area (Å²) < 4.78 is 16.8. The minimum Gasteiger partial charge on any atom is -0.462 e. The fourth-order valence-corrected chi connectivity index (χ4v) is 9.92. The van der Waals surface area contributed by atoms with E-state index in [1.807, 2.05) is 0 Å². The molecule has 1 atom stereocenters. The van der Waals surface area contributed by atoms with Crippen LogP contribution in [0, 0.1) is 0 Å². The minimum absolute atomic E-state index is 0.0715. The lowest BCUT2D eigenvalue weighted by atomic mass is 10.0. The molecule has 0 saturated heterocycles. The highest BCUT2D eigenvalue weighted by molar-refractivity contribution is 5.71. The first-order chi connectivity index (χ1) is 36.5. The van der Waals surface area contributed by atoms with Gasteiger partial charge < -0.3 is 14.2 Å². The zero-order chi connectivity index (χ0) is 53.6. The van der Waals surface area contributed by atoms with Crippen LogP contribution in [0.1, 0.15) is 361 Å². The van der Waals surface area contributed by atoms with Gasteiger partial charge in [0.15, 0.2) is 6.10 Å². The second kappa shape index (κ2) is 63.2. The molecule has 0 aliphatic carbocycles. The van der Waals surface area contributed by atoms with Crippen molar-refractivity contribution in [2.24, 2.45) is 0 Å². The van der Waals surface area contributed by atoms with Crippen LogP contribution in [-0.2, 0) is 28.6 Å². The van der Waals surface area contributed by atoms with E-state index in [2.05, 4.69) is 57.2 Å². The second-order valence-electron chi connectivity index (χ2n) is 22.4. The number of rotatable bonds is 61. The Morgan fingerprint density at radius 2 is 0.486 bits per heavy atom. The van der Waals surface area contributed by atoms with E-state index in [0.29, 0.717) is 19.3 Å². The third-order valence-corrected chi connectivity index (χ3v) is 14.9. The lowest BCUT2D eigenvalue weighted by molar-refractivity contribution is -0.167. The first kappa shape index (κ1) is 71.6. The van der Waals surface area contributed by atoms with Gasteiger partial charge in [-0.2, -0.15) is 0 Å². The molecule has 434 valence electrons. The Hall–Kier alpha value is -2.37. The van der Waals surface area contributed by atoms with Crippen LogP contribution in [0.2, 0.25) is 0 Å². The lowest BCUT2D eigenvalue weighted by Crippen LogP contribution is -2.30. The van der Waals surface area contributed by atoms with Gasteiger partial charge in [0, 0.05) is 19.3 Å². The van der Waals surface area contributed by atoms with Crippen molar-refractivity contribution in [2.45, 2.75) is 367 Å². The third-order valence-electron chi connectivity index (χ3n) is 14.9. The van der Waals surface area contributed by atoms with Crippen molar-refractivity contribution in [3.63, 3.8) is 0 Å². The molecular weight excluding hydrogens is 913 g/mol. The van der Waals surface area contributed by atoms with Crippen LogP contribution in [0.5, 0.6) is 0 Å². The molecule has 0 radical (unpaired) electrons. The number of hydrogen-bond acceptors (Lipinski definition) is 6. The standard InChI is InChI=1S/C68H126O6/c1-4-7-10-13-15-17-19-21-23-25-27-29-31-32-33-34-35-37-38-40-42-44-46-48-50-52-55-58-61-67(70)73-64-65(63-72-66(69)60-57-54-12-9-6-3)74-68(71)62-59-56-53-51-49-47-45-43-41-39-36-30-28-26-24-22-20-18-16-14-11-8-5-2/h20,22,26,28,36,39,65H,4-19,21,23-25,27,29-35,37-38,40-64H2,1-3H3/b22-20-,28-26-,39-36-. The molecule has 0 rings (SSSR count). The molecule has 0 aromatic heterocycles. The summed E-state index contributed by atoms with van der Waals surface area (Å²) >= 11 is 0. The Morgan fingerprint density at radius 1 is 0.270 bits per heavy atom. The highest BCUT2D eigenvalue weighted by Gasteiger charge is 2.19. The van der Waals surface area contributed by atoms with Gasteiger partial charge in [-0.1, -0.05) is 320 Å². The van der Waals surface area contributed by atoms with Gasteiger partial charge in [-0.25, -0.2) is 0 Å². The molecule has 0 heterocycles. The second-order valence-corrected chi connectivity index (χ2v) is 22.4. The Balaban J connectivity index is 3.98. The zero-order valence-corrected chi connectivity index (χ0v) is 49.9. The summed E-state index contributed by atoms with van der Waals surface area (Å²) in [6, 6.07) is 0. The van der Waals surface area contributed by atoms with Crippen LogP contribution < -0.4 is 0 Å². The predicted molar refractivity (Wildman–Crippen MR) is 321 cm³/mol. The molecule has 0 aliphatic heterocycles. The molecule has 6 heteroatoms. The molecule has 0 aromatic rings. The maximum Gasteiger partial charge on any atom is 0.306 e. The van der Waals surface area contributed by atoms with E-state index >= 15 is 0 Å². The average Bonchev–Trinajstić information content (AvgIpc) is 3.40. The summed E-state index contributed by atoms with van der Waals surface area (Å²) in [7, 11) is 0. The highest BCUT2D eigenvalue weighted by Crippen LogP contribution is 2.18. The van der Waals surface area contributed by atoms with Crippen LogP contribution in [0.3, 0.4) is 0 Å². The molecular formula is C68H126O6. The molecule has 0 aromatic carbocycles. The van der Waals surface area contributed by atoms with Gasteiger partial charge in [0.05, 0.1) is 0 Å². The molecule has 6 nitrogen and oxygen atoms in total. The zero-order valence-electron chi connectivity index (χ0n) is 49.9. The molecule has 0 N–H and O–H groups in total. The van der Waals surface area contributed by atoms with Crippen LogP contribution in [-0.4, -0.2) is 37.2 Å². The quantitative estimate of drug-likeness (QED) is 0.0261. The van der Waals surface area contributed by atoms with Crippen LogP contribution in [0.4, 0.5) is 0 Å². The smallest absolute Gasteiger partial charge is 0.306 e. The Morgan fingerprint density at radius 3 is 0.757 bits per heavy atom. The first-order valence-electron chi connectivity index (χ1n) is 33.0. The van der Waals surface area contributed by atoms with Crippen LogP contribution in [0.15, 0.2) is 36.5 Å². The van der Waals surface area contributed by atoms with Crippen LogP contribution in [0.25, 0.3) is 0 Å². The number of carbonyl (C=O) groups excluding carboxylic acids is 3. The SMILES string of the molecule is CCCCCCC/C=C\C/C=C\C/C=C\CCCCCCCCCCC(=O)OC(COC(=O)CCCCCCC)COC(=O)CCCCCCCCCCCCCCCCCCCCCCCCCCCCCC. The van der Waals surface area contributed by atoms with E-state index < -0.39 is 6.10 Å². The third kappa shape index (κ3) is 60.5. The number of allylic oxidation sites excluding steroid dienone is 6. The summed E-state index contributed by atoms with van der Waals surface area (Å²) in [6.07, 6.45) is 77.9. The molecule has 0 saturated carbocycles. The number of carbonyl (C=O) groups is 3. The monoisotopic (exact) mass is 1040 g/mol. The van der Waals surface area contributed by atoms with E-state index in [4.69, 9.17) is 14.2 Å². The van der Waals surface area contributed by atoms with E-state index in [9.17, 15) is 14.4 Å². The van der Waals surface area contributed by atoms with Gasteiger partial charge in [0.2, 0.25) is 0 Å². The Bertz CT molecular complexity index is 1240. The first-order valence-corrected chi connectivity index (χ1v) is 33.0. The van der Waals surface area contributed by atoms with Crippen molar-refractivity contribution in [1.29, 1.82) is 0 Å². The Kier molecular flexibility index (Phi) is 61.1. The van der Waals surface area contributed by atoms with Crippen molar-refractivity contribution in [3.8, 4) is 0 Å². The fourth-order valence-electron chi connectivity index (χ4n) is 9.92. The molecule has 0 amide bonds. The molecule has 0 fully saturated rings. The van der Waals surface area contributed by atoms with Crippen LogP contribution >= 0.6 is 0 Å². The van der Waals surface area contributed by atoms with E-state index in [1.54, 1.807) is 0 Å². The summed E-state index contributed by atoms with van der Waals surface area (Å²) in [5, 5.41) is 0. The van der Waals surface area contributed by atoms with Crippen molar-refractivity contribution >= 4 is 17.9 Å². The average molecular weight is 1040 g/mol. The number of esters is 3.